The van der Waals surface area contributed by atoms with Crippen molar-refractivity contribution in [2.24, 2.45) is 5.41 Å². The molecule has 0 bridgehead atoms. The summed E-state index contributed by atoms with van der Waals surface area (Å²) >= 11 is 1.79. The molecule has 19 heavy (non-hydrogen) atoms. The Morgan fingerprint density at radius 2 is 2.26 bits per heavy atom. The first-order valence-electron chi connectivity index (χ1n) is 7.66. The van der Waals surface area contributed by atoms with Crippen molar-refractivity contribution in [1.82, 2.24) is 5.32 Å². The van der Waals surface area contributed by atoms with Crippen LogP contribution < -0.4 is 5.32 Å². The Morgan fingerprint density at radius 1 is 1.47 bits per heavy atom. The Hall–Kier alpha value is -0.380. The van der Waals surface area contributed by atoms with E-state index in [-0.39, 0.29) is 0 Å². The van der Waals surface area contributed by atoms with Gasteiger partial charge < -0.3 is 10.1 Å². The molecule has 2 aliphatic carbocycles. The van der Waals surface area contributed by atoms with Crippen molar-refractivity contribution < 1.29 is 4.74 Å². The molecule has 2 saturated carbocycles. The topological polar surface area (TPSA) is 21.3 Å². The summed E-state index contributed by atoms with van der Waals surface area (Å²) in [5, 5.41) is 8.30. The second kappa shape index (κ2) is 5.55. The van der Waals surface area contributed by atoms with Crippen molar-refractivity contribution in [3.05, 3.63) is 22.4 Å². The fraction of sp³-hybridized carbons (Fsp3) is 0.750. The molecule has 106 valence electrons. The van der Waals surface area contributed by atoms with Gasteiger partial charge in [0, 0.05) is 24.1 Å². The van der Waals surface area contributed by atoms with E-state index in [1.807, 2.05) is 0 Å². The molecular weight excluding hydrogens is 254 g/mol. The largest absolute Gasteiger partial charge is 0.378 e. The smallest absolute Gasteiger partial charge is 0.0661 e. The summed E-state index contributed by atoms with van der Waals surface area (Å²) in [4.78, 5) is 0. The second-order valence-electron chi connectivity index (χ2n) is 6.12. The molecule has 0 aliphatic heterocycles. The third-order valence-corrected chi connectivity index (χ3v) is 5.88. The van der Waals surface area contributed by atoms with Crippen molar-refractivity contribution in [2.45, 2.75) is 64.1 Å². The van der Waals surface area contributed by atoms with E-state index in [0.717, 1.165) is 6.61 Å². The molecule has 0 saturated heterocycles. The van der Waals surface area contributed by atoms with Crippen LogP contribution in [0.3, 0.4) is 0 Å². The molecule has 0 aromatic carbocycles. The Labute approximate surface area is 120 Å². The summed E-state index contributed by atoms with van der Waals surface area (Å²) in [6, 6.07) is 3.36. The monoisotopic (exact) mass is 279 g/mol. The molecule has 0 amide bonds. The van der Waals surface area contributed by atoms with E-state index in [9.17, 15) is 0 Å². The molecule has 1 aromatic heterocycles. The lowest BCUT2D eigenvalue weighted by molar-refractivity contribution is -0.132. The maximum Gasteiger partial charge on any atom is 0.0661 e. The van der Waals surface area contributed by atoms with Gasteiger partial charge in [-0.05, 0) is 55.5 Å². The number of ether oxygens (including phenoxy) is 1. The maximum atomic E-state index is 5.98. The van der Waals surface area contributed by atoms with E-state index >= 15 is 0 Å². The first-order valence-corrected chi connectivity index (χ1v) is 8.60. The quantitative estimate of drug-likeness (QED) is 0.874. The van der Waals surface area contributed by atoms with E-state index in [1.54, 1.807) is 11.3 Å². The molecule has 2 nitrogen and oxygen atoms in total. The van der Waals surface area contributed by atoms with Crippen molar-refractivity contribution in [2.75, 3.05) is 6.61 Å². The molecule has 3 rings (SSSR count). The Balaban J connectivity index is 1.65. The van der Waals surface area contributed by atoms with Crippen molar-refractivity contribution >= 4 is 11.3 Å². The number of nitrogens with one attached hydrogen (secondary N) is 1. The highest BCUT2D eigenvalue weighted by Gasteiger charge is 2.56. The number of hydrogen-bond acceptors (Lipinski definition) is 3. The number of rotatable bonds is 5. The van der Waals surface area contributed by atoms with Crippen LogP contribution in [0.25, 0.3) is 0 Å². The minimum absolute atomic E-state index is 0.445. The average Bonchev–Trinajstić information content (AvgIpc) is 3.09. The van der Waals surface area contributed by atoms with Crippen LogP contribution in [-0.4, -0.2) is 18.8 Å². The predicted octanol–water partition coefficient (Wildman–Crippen LogP) is 4.14. The van der Waals surface area contributed by atoms with Crippen molar-refractivity contribution in [1.29, 1.82) is 0 Å². The van der Waals surface area contributed by atoms with Crippen LogP contribution in [0.4, 0.5) is 0 Å². The summed E-state index contributed by atoms with van der Waals surface area (Å²) in [5.74, 6) is 0. The summed E-state index contributed by atoms with van der Waals surface area (Å²) < 4.78 is 5.98. The SMILES string of the molecule is CCOC1CC(NC(C)c2ccsc2)C12CCCC2. The fourth-order valence-electron chi connectivity index (χ4n) is 4.04. The summed E-state index contributed by atoms with van der Waals surface area (Å²) in [5.41, 5.74) is 1.87. The summed E-state index contributed by atoms with van der Waals surface area (Å²) in [6.45, 7) is 5.27. The van der Waals surface area contributed by atoms with E-state index in [2.05, 4.69) is 36.0 Å². The van der Waals surface area contributed by atoms with E-state index in [4.69, 9.17) is 4.74 Å². The molecule has 3 atom stereocenters. The molecule has 2 aliphatic rings. The van der Waals surface area contributed by atoms with Crippen LogP contribution in [0.1, 0.15) is 57.6 Å². The third-order valence-electron chi connectivity index (χ3n) is 5.18. The van der Waals surface area contributed by atoms with E-state index < -0.39 is 0 Å². The molecule has 1 N–H and O–H groups in total. The second-order valence-corrected chi connectivity index (χ2v) is 6.90. The van der Waals surface area contributed by atoms with Gasteiger partial charge in [0.1, 0.15) is 0 Å². The predicted molar refractivity (Wildman–Crippen MR) is 80.6 cm³/mol. The van der Waals surface area contributed by atoms with Gasteiger partial charge in [0.25, 0.3) is 0 Å². The minimum Gasteiger partial charge on any atom is -0.378 e. The van der Waals surface area contributed by atoms with Crippen LogP contribution >= 0.6 is 11.3 Å². The first kappa shape index (κ1) is 13.6. The number of hydrogen-bond donors (Lipinski definition) is 1. The third kappa shape index (κ3) is 2.37. The highest BCUT2D eigenvalue weighted by Crippen LogP contribution is 2.55. The zero-order chi connectivity index (χ0) is 13.3. The molecule has 3 heteroatoms. The van der Waals surface area contributed by atoms with E-state index in [0.29, 0.717) is 23.6 Å². The van der Waals surface area contributed by atoms with Gasteiger partial charge in [-0.2, -0.15) is 11.3 Å². The lowest BCUT2D eigenvalue weighted by Gasteiger charge is -2.55. The van der Waals surface area contributed by atoms with Crippen LogP contribution in [-0.2, 0) is 4.74 Å². The van der Waals surface area contributed by atoms with Crippen molar-refractivity contribution in [3.8, 4) is 0 Å². The molecule has 2 fully saturated rings. The van der Waals surface area contributed by atoms with Crippen LogP contribution in [0, 0.1) is 5.41 Å². The van der Waals surface area contributed by atoms with Gasteiger partial charge in [-0.3, -0.25) is 0 Å². The zero-order valence-electron chi connectivity index (χ0n) is 12.0. The van der Waals surface area contributed by atoms with Gasteiger partial charge in [-0.25, -0.2) is 0 Å². The van der Waals surface area contributed by atoms with Crippen LogP contribution in [0.5, 0.6) is 0 Å². The van der Waals surface area contributed by atoms with Crippen LogP contribution in [0.15, 0.2) is 16.8 Å². The molecule has 0 radical (unpaired) electrons. The Kier molecular flexibility index (Phi) is 3.97. The standard InChI is InChI=1S/C16H25NOS/c1-3-18-15-10-14(16(15)7-4-5-8-16)17-12(2)13-6-9-19-11-13/h6,9,11-12,14-15,17H,3-5,7-8,10H2,1-2H3. The van der Waals surface area contributed by atoms with Crippen molar-refractivity contribution in [3.63, 3.8) is 0 Å². The van der Waals surface area contributed by atoms with Crippen LogP contribution in [0.2, 0.25) is 0 Å². The number of thiophene rings is 1. The average molecular weight is 279 g/mol. The molecule has 1 spiro atoms. The minimum atomic E-state index is 0.445. The lowest BCUT2D eigenvalue weighted by atomic mass is 9.60. The summed E-state index contributed by atoms with van der Waals surface area (Å²) in [7, 11) is 0. The summed E-state index contributed by atoms with van der Waals surface area (Å²) in [6.07, 6.45) is 7.18. The lowest BCUT2D eigenvalue weighted by Crippen LogP contribution is -2.62. The van der Waals surface area contributed by atoms with Gasteiger partial charge >= 0.3 is 0 Å². The van der Waals surface area contributed by atoms with Gasteiger partial charge in [-0.15, -0.1) is 0 Å². The molecule has 1 heterocycles. The van der Waals surface area contributed by atoms with Gasteiger partial charge in [0.05, 0.1) is 6.10 Å². The normalized spacial score (nSPS) is 30.4. The zero-order valence-corrected chi connectivity index (χ0v) is 12.8. The molecule has 3 unspecified atom stereocenters. The highest BCUT2D eigenvalue weighted by molar-refractivity contribution is 7.07. The fourth-order valence-corrected chi connectivity index (χ4v) is 4.79. The Bertz CT molecular complexity index is 397. The Morgan fingerprint density at radius 3 is 2.89 bits per heavy atom. The van der Waals surface area contributed by atoms with E-state index in [1.165, 1.54) is 37.7 Å². The highest BCUT2D eigenvalue weighted by atomic mass is 32.1. The van der Waals surface area contributed by atoms with Gasteiger partial charge in [-0.1, -0.05) is 12.8 Å². The maximum absolute atomic E-state index is 5.98. The first-order chi connectivity index (χ1) is 9.26. The molecule has 1 aromatic rings. The van der Waals surface area contributed by atoms with Gasteiger partial charge in [0.15, 0.2) is 0 Å². The van der Waals surface area contributed by atoms with Gasteiger partial charge in [0.2, 0.25) is 0 Å². The molecular formula is C16H25NOS.